The Labute approximate surface area is 123 Å². The van der Waals surface area contributed by atoms with E-state index in [9.17, 15) is 0 Å². The standard InChI is InChI=1S/C17H28N2O/c1-4-8-18-11-16-13-20-10-9-19(16)12-17-14(2)6-5-7-15(17)3/h5-7,16,18H,4,8-13H2,1-3H3. The van der Waals surface area contributed by atoms with Gasteiger partial charge in [-0.1, -0.05) is 25.1 Å². The molecule has 0 saturated carbocycles. The van der Waals surface area contributed by atoms with E-state index < -0.39 is 0 Å². The van der Waals surface area contributed by atoms with Gasteiger partial charge in [-0.15, -0.1) is 0 Å². The number of hydrogen-bond donors (Lipinski definition) is 1. The fourth-order valence-electron chi connectivity index (χ4n) is 2.83. The van der Waals surface area contributed by atoms with Gasteiger partial charge in [-0.05, 0) is 43.5 Å². The molecule has 1 aliphatic rings. The molecule has 0 spiro atoms. The third-order valence-corrected chi connectivity index (χ3v) is 4.16. The van der Waals surface area contributed by atoms with Gasteiger partial charge in [-0.2, -0.15) is 0 Å². The zero-order chi connectivity index (χ0) is 14.4. The van der Waals surface area contributed by atoms with Crippen LogP contribution in [0.15, 0.2) is 18.2 Å². The molecule has 1 aromatic carbocycles. The molecule has 1 atom stereocenters. The smallest absolute Gasteiger partial charge is 0.0635 e. The second-order valence-corrected chi connectivity index (χ2v) is 5.77. The average Bonchev–Trinajstić information content (AvgIpc) is 2.45. The Balaban J connectivity index is 2.01. The van der Waals surface area contributed by atoms with Crippen molar-refractivity contribution in [3.05, 3.63) is 34.9 Å². The molecule has 0 aromatic heterocycles. The van der Waals surface area contributed by atoms with Crippen molar-refractivity contribution in [3.8, 4) is 0 Å². The van der Waals surface area contributed by atoms with Gasteiger partial charge in [-0.25, -0.2) is 0 Å². The third kappa shape index (κ3) is 4.05. The van der Waals surface area contributed by atoms with E-state index in [0.29, 0.717) is 6.04 Å². The van der Waals surface area contributed by atoms with Crippen molar-refractivity contribution in [3.63, 3.8) is 0 Å². The van der Waals surface area contributed by atoms with E-state index in [4.69, 9.17) is 4.74 Å². The molecule has 1 aromatic rings. The summed E-state index contributed by atoms with van der Waals surface area (Å²) in [5.41, 5.74) is 4.28. The second-order valence-electron chi connectivity index (χ2n) is 5.77. The minimum Gasteiger partial charge on any atom is -0.378 e. The molecule has 20 heavy (non-hydrogen) atoms. The number of morpholine rings is 1. The Bertz CT molecular complexity index is 399. The zero-order valence-corrected chi connectivity index (χ0v) is 13.1. The van der Waals surface area contributed by atoms with Crippen molar-refractivity contribution in [2.75, 3.05) is 32.8 Å². The molecule has 2 rings (SSSR count). The molecule has 3 nitrogen and oxygen atoms in total. The normalized spacial score (nSPS) is 20.2. The maximum atomic E-state index is 5.66. The molecule has 1 N–H and O–H groups in total. The molecule has 0 amide bonds. The fraction of sp³-hybridized carbons (Fsp3) is 0.647. The molecule has 1 heterocycles. The molecule has 0 aliphatic carbocycles. The minimum absolute atomic E-state index is 0.495. The van der Waals surface area contributed by atoms with Crippen LogP contribution in [-0.2, 0) is 11.3 Å². The van der Waals surface area contributed by atoms with E-state index >= 15 is 0 Å². The van der Waals surface area contributed by atoms with Gasteiger partial charge < -0.3 is 10.1 Å². The summed E-state index contributed by atoms with van der Waals surface area (Å²) < 4.78 is 5.66. The van der Waals surface area contributed by atoms with Crippen molar-refractivity contribution >= 4 is 0 Å². The van der Waals surface area contributed by atoms with Crippen LogP contribution in [0.5, 0.6) is 0 Å². The summed E-state index contributed by atoms with van der Waals surface area (Å²) in [5, 5.41) is 3.53. The van der Waals surface area contributed by atoms with E-state index in [2.05, 4.69) is 49.2 Å². The van der Waals surface area contributed by atoms with Crippen LogP contribution in [0.1, 0.15) is 30.0 Å². The van der Waals surface area contributed by atoms with Gasteiger partial charge in [0.2, 0.25) is 0 Å². The lowest BCUT2D eigenvalue weighted by atomic mass is 10.0. The van der Waals surface area contributed by atoms with Crippen LogP contribution in [0, 0.1) is 13.8 Å². The highest BCUT2D eigenvalue weighted by atomic mass is 16.5. The molecule has 3 heteroatoms. The first kappa shape index (κ1) is 15.5. The number of nitrogens with zero attached hydrogens (tertiary/aromatic N) is 1. The van der Waals surface area contributed by atoms with Crippen molar-refractivity contribution < 1.29 is 4.74 Å². The summed E-state index contributed by atoms with van der Waals surface area (Å²) in [5.74, 6) is 0. The van der Waals surface area contributed by atoms with Gasteiger partial charge >= 0.3 is 0 Å². The third-order valence-electron chi connectivity index (χ3n) is 4.16. The number of aryl methyl sites for hydroxylation is 2. The van der Waals surface area contributed by atoms with E-state index in [0.717, 1.165) is 39.4 Å². The Hall–Kier alpha value is -0.900. The number of benzene rings is 1. The van der Waals surface area contributed by atoms with Crippen LogP contribution in [0.4, 0.5) is 0 Å². The summed E-state index contributed by atoms with van der Waals surface area (Å²) in [6.45, 7) is 12.5. The predicted octanol–water partition coefficient (Wildman–Crippen LogP) is 2.50. The van der Waals surface area contributed by atoms with E-state index in [1.54, 1.807) is 0 Å². The topological polar surface area (TPSA) is 24.5 Å². The highest BCUT2D eigenvalue weighted by Gasteiger charge is 2.23. The van der Waals surface area contributed by atoms with Gasteiger partial charge in [0.1, 0.15) is 0 Å². The van der Waals surface area contributed by atoms with E-state index in [1.807, 2.05) is 0 Å². The molecule has 112 valence electrons. The van der Waals surface area contributed by atoms with E-state index in [1.165, 1.54) is 23.1 Å². The molecule has 0 radical (unpaired) electrons. The lowest BCUT2D eigenvalue weighted by molar-refractivity contribution is -0.0110. The number of hydrogen-bond acceptors (Lipinski definition) is 3. The maximum Gasteiger partial charge on any atom is 0.0635 e. The first-order valence-electron chi connectivity index (χ1n) is 7.80. The average molecular weight is 276 g/mol. The van der Waals surface area contributed by atoms with Gasteiger partial charge in [0, 0.05) is 25.7 Å². The van der Waals surface area contributed by atoms with Crippen LogP contribution >= 0.6 is 0 Å². The van der Waals surface area contributed by atoms with Crippen LogP contribution in [0.25, 0.3) is 0 Å². The van der Waals surface area contributed by atoms with Crippen molar-refractivity contribution in [2.24, 2.45) is 0 Å². The highest BCUT2D eigenvalue weighted by Crippen LogP contribution is 2.18. The molecule has 0 bridgehead atoms. The highest BCUT2D eigenvalue weighted by molar-refractivity contribution is 5.33. The van der Waals surface area contributed by atoms with Gasteiger partial charge in [0.05, 0.1) is 13.2 Å². The summed E-state index contributed by atoms with van der Waals surface area (Å²) in [4.78, 5) is 2.57. The number of rotatable bonds is 6. The minimum atomic E-state index is 0.495. The monoisotopic (exact) mass is 276 g/mol. The molecular formula is C17H28N2O. The molecule has 1 aliphatic heterocycles. The van der Waals surface area contributed by atoms with Crippen molar-refractivity contribution in [1.82, 2.24) is 10.2 Å². The lowest BCUT2D eigenvalue weighted by Crippen LogP contribution is -2.50. The van der Waals surface area contributed by atoms with E-state index in [-0.39, 0.29) is 0 Å². The number of ether oxygens (including phenoxy) is 1. The molecule has 1 fully saturated rings. The van der Waals surface area contributed by atoms with Crippen LogP contribution in [0.2, 0.25) is 0 Å². The summed E-state index contributed by atoms with van der Waals surface area (Å²) in [6, 6.07) is 7.07. The summed E-state index contributed by atoms with van der Waals surface area (Å²) in [7, 11) is 0. The summed E-state index contributed by atoms with van der Waals surface area (Å²) in [6.07, 6.45) is 1.18. The quantitative estimate of drug-likeness (QED) is 0.808. The first-order chi connectivity index (χ1) is 9.72. The lowest BCUT2D eigenvalue weighted by Gasteiger charge is -2.36. The van der Waals surface area contributed by atoms with Gasteiger partial charge in [-0.3, -0.25) is 4.90 Å². The van der Waals surface area contributed by atoms with Crippen LogP contribution < -0.4 is 5.32 Å². The maximum absolute atomic E-state index is 5.66. The number of nitrogens with one attached hydrogen (secondary N) is 1. The largest absolute Gasteiger partial charge is 0.378 e. The Morgan fingerprint density at radius 1 is 1.30 bits per heavy atom. The fourth-order valence-corrected chi connectivity index (χ4v) is 2.83. The second kappa shape index (κ2) is 7.77. The van der Waals surface area contributed by atoms with Crippen molar-refractivity contribution in [2.45, 2.75) is 39.8 Å². The van der Waals surface area contributed by atoms with Crippen molar-refractivity contribution in [1.29, 1.82) is 0 Å². The molecule has 1 saturated heterocycles. The summed E-state index contributed by atoms with van der Waals surface area (Å²) >= 11 is 0. The Kier molecular flexibility index (Phi) is 6.02. The first-order valence-corrected chi connectivity index (χ1v) is 7.80. The van der Waals surface area contributed by atoms with Crippen LogP contribution in [-0.4, -0.2) is 43.8 Å². The van der Waals surface area contributed by atoms with Crippen LogP contribution in [0.3, 0.4) is 0 Å². The Morgan fingerprint density at radius 3 is 2.75 bits per heavy atom. The molecular weight excluding hydrogens is 248 g/mol. The zero-order valence-electron chi connectivity index (χ0n) is 13.1. The van der Waals surface area contributed by atoms with Gasteiger partial charge in [0.25, 0.3) is 0 Å². The SMILES string of the molecule is CCCNCC1COCCN1Cc1c(C)cccc1C. The molecule has 1 unspecified atom stereocenters. The van der Waals surface area contributed by atoms with Gasteiger partial charge in [0.15, 0.2) is 0 Å². The predicted molar refractivity (Wildman–Crippen MR) is 84.1 cm³/mol. The Morgan fingerprint density at radius 2 is 2.05 bits per heavy atom.